The first-order chi connectivity index (χ1) is 23.8. The Balaban J connectivity index is 1.44. The number of benzene rings is 9. The van der Waals surface area contributed by atoms with E-state index >= 15 is 0 Å². The quantitative estimate of drug-likeness (QED) is 0.171. The second-order valence-electron chi connectivity index (χ2n) is 12.4. The summed E-state index contributed by atoms with van der Waals surface area (Å²) in [7, 11) is 0. The number of fused-ring (bicyclic) bond motifs is 3. The molecule has 0 aliphatic carbocycles. The van der Waals surface area contributed by atoms with E-state index in [1.807, 2.05) is 0 Å². The van der Waals surface area contributed by atoms with Gasteiger partial charge in [-0.2, -0.15) is 0 Å². The third-order valence-electron chi connectivity index (χ3n) is 9.69. The Morgan fingerprint density at radius 3 is 1.23 bits per heavy atom. The molecule has 0 fully saturated rings. The van der Waals surface area contributed by atoms with Crippen LogP contribution in [0.1, 0.15) is 0 Å². The van der Waals surface area contributed by atoms with Crippen LogP contribution in [0.4, 0.5) is 0 Å². The summed E-state index contributed by atoms with van der Waals surface area (Å²) in [4.78, 5) is 0. The molecule has 0 spiro atoms. The lowest BCUT2D eigenvalue weighted by Crippen LogP contribution is -1.94. The van der Waals surface area contributed by atoms with Gasteiger partial charge in [0.25, 0.3) is 0 Å². The van der Waals surface area contributed by atoms with Gasteiger partial charge < -0.3 is 0 Å². The van der Waals surface area contributed by atoms with Crippen LogP contribution < -0.4 is 0 Å². The summed E-state index contributed by atoms with van der Waals surface area (Å²) >= 11 is 0. The third kappa shape index (κ3) is 4.70. The Bertz CT molecular complexity index is 2590. The summed E-state index contributed by atoms with van der Waals surface area (Å²) in [5.74, 6) is 0. The minimum Gasteiger partial charge on any atom is -0.0622 e. The molecule has 0 bridgehead atoms. The van der Waals surface area contributed by atoms with Crippen LogP contribution in [0.3, 0.4) is 0 Å². The average Bonchev–Trinajstić information content (AvgIpc) is 3.17. The average molecular weight is 609 g/mol. The van der Waals surface area contributed by atoms with Gasteiger partial charge in [-0.25, -0.2) is 0 Å². The zero-order valence-electron chi connectivity index (χ0n) is 26.5. The Hall–Kier alpha value is -6.24. The van der Waals surface area contributed by atoms with Gasteiger partial charge in [0.05, 0.1) is 0 Å². The first-order valence-corrected chi connectivity index (χ1v) is 16.6. The van der Waals surface area contributed by atoms with Crippen LogP contribution >= 0.6 is 0 Å². The summed E-state index contributed by atoms with van der Waals surface area (Å²) in [6, 6.07) is 70.8. The maximum atomic E-state index is 2.44. The number of hydrogen-bond acceptors (Lipinski definition) is 0. The van der Waals surface area contributed by atoms with Crippen molar-refractivity contribution in [2.24, 2.45) is 0 Å². The number of hydrogen-bond donors (Lipinski definition) is 0. The standard InChI is InChI=1S/C48H32/c1-3-16-33(17-4-1)38-23-9-11-25-41(38)47-43-27-13-14-28-44(43)48(42-26-12-10-24-39(42)34-18-5-2-6-19-34)46-32-36(30-31-45(46)47)40-29-15-21-35-20-7-8-22-37(35)40/h1-32H. The highest BCUT2D eigenvalue weighted by Gasteiger charge is 2.21. The fourth-order valence-electron chi connectivity index (χ4n) is 7.54. The van der Waals surface area contributed by atoms with Gasteiger partial charge in [0.1, 0.15) is 0 Å². The van der Waals surface area contributed by atoms with E-state index in [0.717, 1.165) is 0 Å². The van der Waals surface area contributed by atoms with Crippen molar-refractivity contribution in [1.82, 2.24) is 0 Å². The molecular weight excluding hydrogens is 577 g/mol. The highest BCUT2D eigenvalue weighted by atomic mass is 14.2. The molecular formula is C48H32. The van der Waals surface area contributed by atoms with Crippen molar-refractivity contribution in [2.45, 2.75) is 0 Å². The largest absolute Gasteiger partial charge is 0.0622 e. The number of rotatable bonds is 5. The molecule has 0 N–H and O–H groups in total. The highest BCUT2D eigenvalue weighted by Crippen LogP contribution is 2.48. The molecule has 0 aliphatic rings. The van der Waals surface area contributed by atoms with E-state index in [9.17, 15) is 0 Å². The van der Waals surface area contributed by atoms with Gasteiger partial charge in [-0.3, -0.25) is 0 Å². The summed E-state index contributed by atoms with van der Waals surface area (Å²) in [5, 5.41) is 7.52. The Morgan fingerprint density at radius 1 is 0.208 bits per heavy atom. The van der Waals surface area contributed by atoms with Crippen molar-refractivity contribution >= 4 is 32.3 Å². The van der Waals surface area contributed by atoms with Gasteiger partial charge >= 0.3 is 0 Å². The molecule has 0 atom stereocenters. The Morgan fingerprint density at radius 2 is 0.625 bits per heavy atom. The third-order valence-corrected chi connectivity index (χ3v) is 9.69. The van der Waals surface area contributed by atoms with Crippen molar-refractivity contribution in [3.63, 3.8) is 0 Å². The van der Waals surface area contributed by atoms with Crippen LogP contribution in [0.15, 0.2) is 194 Å². The second kappa shape index (κ2) is 11.8. The van der Waals surface area contributed by atoms with E-state index in [1.54, 1.807) is 0 Å². The molecule has 0 heteroatoms. The molecule has 0 saturated heterocycles. The topological polar surface area (TPSA) is 0 Å². The molecule has 48 heavy (non-hydrogen) atoms. The van der Waals surface area contributed by atoms with Crippen LogP contribution in [-0.4, -0.2) is 0 Å². The van der Waals surface area contributed by atoms with Crippen LogP contribution in [0.2, 0.25) is 0 Å². The van der Waals surface area contributed by atoms with E-state index in [0.29, 0.717) is 0 Å². The van der Waals surface area contributed by atoms with Gasteiger partial charge in [0, 0.05) is 0 Å². The zero-order chi connectivity index (χ0) is 31.9. The Kier molecular flexibility index (Phi) is 6.91. The molecule has 224 valence electrons. The highest BCUT2D eigenvalue weighted by molar-refractivity contribution is 6.24. The maximum Gasteiger partial charge on any atom is -0.00199 e. The normalized spacial score (nSPS) is 11.3. The smallest absolute Gasteiger partial charge is 0.00199 e. The van der Waals surface area contributed by atoms with Crippen molar-refractivity contribution in [1.29, 1.82) is 0 Å². The van der Waals surface area contributed by atoms with E-state index in [1.165, 1.54) is 88.0 Å². The predicted octanol–water partition coefficient (Wildman–Crippen LogP) is 13.5. The molecule has 0 heterocycles. The molecule has 9 rings (SSSR count). The molecule has 0 aliphatic heterocycles. The molecule has 9 aromatic rings. The minimum absolute atomic E-state index is 1.22. The van der Waals surface area contributed by atoms with Crippen molar-refractivity contribution in [3.8, 4) is 55.6 Å². The van der Waals surface area contributed by atoms with Crippen molar-refractivity contribution < 1.29 is 0 Å². The monoisotopic (exact) mass is 608 g/mol. The van der Waals surface area contributed by atoms with E-state index in [4.69, 9.17) is 0 Å². The van der Waals surface area contributed by atoms with Gasteiger partial charge in [-0.05, 0) is 94.0 Å². The maximum absolute atomic E-state index is 2.44. The van der Waals surface area contributed by atoms with E-state index in [-0.39, 0.29) is 0 Å². The first-order valence-electron chi connectivity index (χ1n) is 16.6. The molecule has 9 aromatic carbocycles. The van der Waals surface area contributed by atoms with Crippen LogP contribution in [-0.2, 0) is 0 Å². The molecule has 0 aromatic heterocycles. The van der Waals surface area contributed by atoms with Gasteiger partial charge in [0.2, 0.25) is 0 Å². The lowest BCUT2D eigenvalue weighted by atomic mass is 9.81. The minimum atomic E-state index is 1.22. The fraction of sp³-hybridized carbons (Fsp3) is 0. The molecule has 0 unspecified atom stereocenters. The van der Waals surface area contributed by atoms with Gasteiger partial charge in [-0.1, -0.05) is 188 Å². The zero-order valence-corrected chi connectivity index (χ0v) is 26.5. The van der Waals surface area contributed by atoms with E-state index < -0.39 is 0 Å². The lowest BCUT2D eigenvalue weighted by Gasteiger charge is -2.22. The molecule has 0 saturated carbocycles. The SMILES string of the molecule is c1ccc(-c2ccccc2-c2c3ccccc3c(-c3ccccc3-c3ccccc3)c3cc(-c4cccc5ccccc45)ccc23)cc1. The summed E-state index contributed by atoms with van der Waals surface area (Å²) in [6.07, 6.45) is 0. The molecule has 0 radical (unpaired) electrons. The van der Waals surface area contributed by atoms with Crippen molar-refractivity contribution in [3.05, 3.63) is 194 Å². The second-order valence-corrected chi connectivity index (χ2v) is 12.4. The summed E-state index contributed by atoms with van der Waals surface area (Å²) in [5.41, 5.74) is 12.4. The molecule has 0 nitrogen and oxygen atoms in total. The van der Waals surface area contributed by atoms with Crippen LogP contribution in [0.5, 0.6) is 0 Å². The lowest BCUT2D eigenvalue weighted by molar-refractivity contribution is 1.59. The molecule has 0 amide bonds. The van der Waals surface area contributed by atoms with Crippen molar-refractivity contribution in [2.75, 3.05) is 0 Å². The van der Waals surface area contributed by atoms with Crippen LogP contribution in [0.25, 0.3) is 88.0 Å². The van der Waals surface area contributed by atoms with Gasteiger partial charge in [0.15, 0.2) is 0 Å². The summed E-state index contributed by atoms with van der Waals surface area (Å²) < 4.78 is 0. The fourth-order valence-corrected chi connectivity index (χ4v) is 7.54. The first kappa shape index (κ1) is 28.0. The van der Waals surface area contributed by atoms with Crippen LogP contribution in [0, 0.1) is 0 Å². The van der Waals surface area contributed by atoms with Gasteiger partial charge in [-0.15, -0.1) is 0 Å². The van der Waals surface area contributed by atoms with E-state index in [2.05, 4.69) is 194 Å². The Labute approximate surface area is 281 Å². The predicted molar refractivity (Wildman–Crippen MR) is 206 cm³/mol. The summed E-state index contributed by atoms with van der Waals surface area (Å²) in [6.45, 7) is 0.